The van der Waals surface area contributed by atoms with Crippen LogP contribution in [0.1, 0.15) is 13.7 Å². The summed E-state index contributed by atoms with van der Waals surface area (Å²) in [4.78, 5) is 29.1. The Morgan fingerprint density at radius 2 is 2.40 bits per heavy atom. The highest BCUT2D eigenvalue weighted by Gasteiger charge is 2.13. The summed E-state index contributed by atoms with van der Waals surface area (Å²) in [6, 6.07) is 0. The molecule has 0 aliphatic rings. The van der Waals surface area contributed by atoms with Gasteiger partial charge < -0.3 is 4.57 Å². The zero-order valence-electron chi connectivity index (χ0n) is 12.5. The number of halogens is 1. The van der Waals surface area contributed by atoms with Gasteiger partial charge in [-0.15, -0.1) is 0 Å². The summed E-state index contributed by atoms with van der Waals surface area (Å²) >= 11 is 2.92. The fraction of sp³-hybridized carbons (Fsp3) is 0.375. The molecule has 6 nitrogen and oxygen atoms in total. The van der Waals surface area contributed by atoms with Gasteiger partial charge in [0.25, 0.3) is 5.56 Å². The van der Waals surface area contributed by atoms with Crippen molar-refractivity contribution in [3.05, 3.63) is 25.6 Å². The average molecular weight is 278 g/mol. The lowest BCUT2D eigenvalue weighted by molar-refractivity contribution is 0.759. The fourth-order valence-corrected chi connectivity index (χ4v) is 1.69. The summed E-state index contributed by atoms with van der Waals surface area (Å²) in [6.07, 6.45) is 0. The Morgan fingerprint density at radius 3 is 3.07 bits per heavy atom. The molecule has 80 valence electrons. The number of fused-ring (bicyclic) bond motifs is 1. The molecule has 0 fully saturated rings. The third-order valence-corrected chi connectivity index (χ3v) is 2.52. The van der Waals surface area contributed by atoms with Crippen LogP contribution in [-0.4, -0.2) is 19.1 Å². The third-order valence-electron chi connectivity index (χ3n) is 1.99. The van der Waals surface area contributed by atoms with E-state index in [-0.39, 0.29) is 15.9 Å². The molecule has 0 aliphatic carbocycles. The van der Waals surface area contributed by atoms with Crippen LogP contribution in [0.4, 0.5) is 0 Å². The quantitative estimate of drug-likeness (QED) is 0.758. The molecule has 0 bridgehead atoms. The van der Waals surface area contributed by atoms with Gasteiger partial charge in [0.05, 0.1) is 0 Å². The van der Waals surface area contributed by atoms with Gasteiger partial charge in [-0.1, -0.05) is 0 Å². The standard InChI is InChI=1S/C8H9BrN4O2/c1-3-13-4-5(10-7(13)9)12(2)8(15)11-6(4)14/h3H2,1-2H3,(H,11,14,15)/i1D3,3D2. The second kappa shape index (κ2) is 3.34. The summed E-state index contributed by atoms with van der Waals surface area (Å²) in [6.45, 7) is -5.89. The number of aromatic nitrogens is 4. The molecule has 2 aromatic rings. The lowest BCUT2D eigenvalue weighted by atomic mass is 10.5. The molecule has 2 aromatic heterocycles. The highest BCUT2D eigenvalue weighted by molar-refractivity contribution is 9.10. The molecule has 15 heavy (non-hydrogen) atoms. The second-order valence-corrected chi connectivity index (χ2v) is 3.53. The minimum absolute atomic E-state index is 0.112. The van der Waals surface area contributed by atoms with Crippen molar-refractivity contribution in [3.8, 4) is 0 Å². The van der Waals surface area contributed by atoms with Gasteiger partial charge in [-0.25, -0.2) is 9.78 Å². The molecule has 7 heteroatoms. The van der Waals surface area contributed by atoms with Crippen molar-refractivity contribution in [3.63, 3.8) is 0 Å². The molecular weight excluding hydrogens is 264 g/mol. The summed E-state index contributed by atoms with van der Waals surface area (Å²) in [5, 5.41) is 0. The van der Waals surface area contributed by atoms with E-state index in [0.717, 1.165) is 4.57 Å². The third kappa shape index (κ3) is 1.34. The summed E-state index contributed by atoms with van der Waals surface area (Å²) in [5.74, 6) is 0. The molecule has 0 atom stereocenters. The smallest absolute Gasteiger partial charge is 0.313 e. The van der Waals surface area contributed by atoms with Gasteiger partial charge in [-0.3, -0.25) is 14.3 Å². The van der Waals surface area contributed by atoms with Crippen LogP contribution in [0.2, 0.25) is 0 Å². The normalized spacial score (nSPS) is 17.9. The Balaban J connectivity index is 3.00. The Morgan fingerprint density at radius 1 is 1.67 bits per heavy atom. The van der Waals surface area contributed by atoms with E-state index in [1.807, 2.05) is 4.98 Å². The van der Waals surface area contributed by atoms with Crippen molar-refractivity contribution in [2.24, 2.45) is 7.05 Å². The van der Waals surface area contributed by atoms with Crippen LogP contribution in [0, 0.1) is 0 Å². The van der Waals surface area contributed by atoms with E-state index in [0.29, 0.717) is 4.57 Å². The minimum Gasteiger partial charge on any atom is -0.313 e. The van der Waals surface area contributed by atoms with Crippen LogP contribution >= 0.6 is 15.9 Å². The van der Waals surface area contributed by atoms with E-state index in [1.54, 1.807) is 0 Å². The monoisotopic (exact) mass is 277 g/mol. The fourth-order valence-electron chi connectivity index (χ4n) is 1.26. The molecule has 0 aliphatic heterocycles. The van der Waals surface area contributed by atoms with Gasteiger partial charge in [0.1, 0.15) is 0 Å². The van der Waals surface area contributed by atoms with Crippen LogP contribution in [0.5, 0.6) is 0 Å². The van der Waals surface area contributed by atoms with Gasteiger partial charge in [0.2, 0.25) is 0 Å². The van der Waals surface area contributed by atoms with Gasteiger partial charge in [-0.05, 0) is 22.8 Å². The van der Waals surface area contributed by atoms with Crippen LogP contribution < -0.4 is 11.2 Å². The Kier molecular flexibility index (Phi) is 1.25. The maximum atomic E-state index is 11.9. The predicted molar refractivity (Wildman–Crippen MR) is 59.0 cm³/mol. The van der Waals surface area contributed by atoms with Gasteiger partial charge in [-0.2, -0.15) is 0 Å². The highest BCUT2D eigenvalue weighted by Crippen LogP contribution is 2.14. The molecular formula is C8H9BrN4O2. The van der Waals surface area contributed by atoms with E-state index in [1.165, 1.54) is 7.05 Å². The van der Waals surface area contributed by atoms with Gasteiger partial charge in [0.15, 0.2) is 15.9 Å². The topological polar surface area (TPSA) is 72.7 Å². The number of aromatic amines is 1. The number of nitrogens with one attached hydrogen (secondary N) is 1. The Bertz CT molecular complexity index is 802. The van der Waals surface area contributed by atoms with Crippen molar-refractivity contribution in [2.45, 2.75) is 13.3 Å². The summed E-state index contributed by atoms with van der Waals surface area (Å²) in [5.41, 5.74) is -2.08. The minimum atomic E-state index is -3.02. The van der Waals surface area contributed by atoms with E-state index in [9.17, 15) is 9.59 Å². The van der Waals surface area contributed by atoms with Gasteiger partial charge in [0, 0.05) is 20.4 Å². The largest absolute Gasteiger partial charge is 0.329 e. The first-order valence-corrected chi connectivity index (χ1v) is 4.65. The van der Waals surface area contributed by atoms with Crippen molar-refractivity contribution in [1.82, 2.24) is 19.1 Å². The van der Waals surface area contributed by atoms with Crippen molar-refractivity contribution >= 4 is 27.1 Å². The molecule has 0 spiro atoms. The number of H-pyrrole nitrogens is 1. The zero-order chi connectivity index (χ0) is 15.5. The zero-order valence-corrected chi connectivity index (χ0v) is 9.12. The van der Waals surface area contributed by atoms with E-state index < -0.39 is 24.6 Å². The first-order chi connectivity index (χ1) is 8.98. The summed E-state index contributed by atoms with van der Waals surface area (Å²) < 4.78 is 38.7. The molecule has 1 N–H and O–H groups in total. The van der Waals surface area contributed by atoms with Crippen LogP contribution in [0.3, 0.4) is 0 Å². The van der Waals surface area contributed by atoms with E-state index in [4.69, 9.17) is 6.85 Å². The molecule has 0 radical (unpaired) electrons. The number of nitrogens with zero attached hydrogens (tertiary/aromatic N) is 3. The lowest BCUT2D eigenvalue weighted by Crippen LogP contribution is -2.29. The molecule has 0 unspecified atom stereocenters. The maximum absolute atomic E-state index is 11.9. The number of aryl methyl sites for hydroxylation is 2. The number of rotatable bonds is 1. The maximum Gasteiger partial charge on any atom is 0.329 e. The predicted octanol–water partition coefficient (Wildman–Crippen LogP) is 0.206. The molecule has 0 amide bonds. The Labute approximate surface area is 99.7 Å². The number of hydrogen-bond acceptors (Lipinski definition) is 3. The molecule has 0 aromatic carbocycles. The van der Waals surface area contributed by atoms with Crippen LogP contribution in [0.15, 0.2) is 14.3 Å². The SMILES string of the molecule is [2H]C([2H])([2H])C([2H])([2H])n1c(Br)nc2c1c(=O)[nH]c(=O)n2C. The Hall–Kier alpha value is -1.37. The van der Waals surface area contributed by atoms with Crippen molar-refractivity contribution in [1.29, 1.82) is 0 Å². The second-order valence-electron chi connectivity index (χ2n) is 2.82. The van der Waals surface area contributed by atoms with E-state index in [2.05, 4.69) is 20.9 Å². The average Bonchev–Trinajstić information content (AvgIpc) is 2.63. The molecule has 0 saturated carbocycles. The number of imidazole rings is 1. The van der Waals surface area contributed by atoms with Crippen molar-refractivity contribution < 1.29 is 6.85 Å². The van der Waals surface area contributed by atoms with Crippen molar-refractivity contribution in [2.75, 3.05) is 0 Å². The molecule has 2 heterocycles. The first kappa shape index (κ1) is 5.64. The molecule has 0 saturated heterocycles. The highest BCUT2D eigenvalue weighted by atomic mass is 79.9. The van der Waals surface area contributed by atoms with Crippen LogP contribution in [0.25, 0.3) is 11.2 Å². The number of hydrogen-bond donors (Lipinski definition) is 1. The van der Waals surface area contributed by atoms with E-state index >= 15 is 0 Å². The lowest BCUT2D eigenvalue weighted by Gasteiger charge is -2.00. The molecule has 2 rings (SSSR count). The van der Waals surface area contributed by atoms with Gasteiger partial charge >= 0.3 is 5.69 Å². The summed E-state index contributed by atoms with van der Waals surface area (Å²) in [7, 11) is 1.33. The van der Waals surface area contributed by atoms with Crippen LogP contribution in [-0.2, 0) is 13.5 Å². The first-order valence-electron chi connectivity index (χ1n) is 6.36.